The van der Waals surface area contributed by atoms with Crippen LogP contribution in [-0.4, -0.2) is 75.1 Å². The number of ether oxygens (including phenoxy) is 3. The maximum atomic E-state index is 12.8. The van der Waals surface area contributed by atoms with Gasteiger partial charge in [0.05, 0.1) is 36.5 Å². The number of carbonyl (C=O) groups is 1. The number of rotatable bonds is 7. The maximum absolute atomic E-state index is 12.8. The number of β-amino-alcohol motifs (C(OH)–C–C–N with tert-alkyl or cyclic N) is 1. The van der Waals surface area contributed by atoms with E-state index in [1.165, 1.54) is 6.07 Å². The molecular formula is C21H29N3O5. The average molecular weight is 403 g/mol. The normalized spacial score (nSPS) is 21.8. The van der Waals surface area contributed by atoms with Crippen LogP contribution in [0.1, 0.15) is 35.2 Å². The minimum absolute atomic E-state index is 0.00690. The predicted octanol–water partition coefficient (Wildman–Crippen LogP) is 1.17. The monoisotopic (exact) mass is 403 g/mol. The van der Waals surface area contributed by atoms with Gasteiger partial charge in [-0.3, -0.25) is 4.79 Å². The lowest BCUT2D eigenvalue weighted by molar-refractivity contribution is 0.0192. The van der Waals surface area contributed by atoms with Crippen molar-refractivity contribution >= 4 is 5.91 Å². The van der Waals surface area contributed by atoms with E-state index in [0.717, 1.165) is 25.9 Å². The summed E-state index contributed by atoms with van der Waals surface area (Å²) >= 11 is 0. The Kier molecular flexibility index (Phi) is 7.69. The van der Waals surface area contributed by atoms with E-state index >= 15 is 0 Å². The Hall–Kier alpha value is -2.34. The minimum atomic E-state index is -0.492. The predicted molar refractivity (Wildman–Crippen MR) is 106 cm³/mol. The molecular weight excluding hydrogens is 374 g/mol. The first-order chi connectivity index (χ1) is 14.1. The van der Waals surface area contributed by atoms with Crippen molar-refractivity contribution in [3.63, 3.8) is 0 Å². The highest BCUT2D eigenvalue weighted by Gasteiger charge is 2.28. The summed E-state index contributed by atoms with van der Waals surface area (Å²) in [6, 6.07) is 5.18. The Morgan fingerprint density at radius 3 is 3.00 bits per heavy atom. The van der Waals surface area contributed by atoms with Gasteiger partial charge in [-0.1, -0.05) is 0 Å². The van der Waals surface area contributed by atoms with Crippen LogP contribution in [0.3, 0.4) is 0 Å². The molecule has 8 nitrogen and oxygen atoms in total. The van der Waals surface area contributed by atoms with Crippen molar-refractivity contribution in [3.8, 4) is 17.6 Å². The Balaban J connectivity index is 1.59. The molecule has 0 saturated carbocycles. The van der Waals surface area contributed by atoms with Gasteiger partial charge in [0.15, 0.2) is 11.5 Å². The number of fused-ring (bicyclic) bond motifs is 1. The van der Waals surface area contributed by atoms with Crippen LogP contribution in [0, 0.1) is 17.2 Å². The number of aliphatic hydroxyl groups is 1. The molecule has 2 aliphatic rings. The molecule has 1 saturated heterocycles. The molecule has 2 heterocycles. The number of nitrogens with one attached hydrogen (secondary N) is 1. The van der Waals surface area contributed by atoms with Crippen LogP contribution < -0.4 is 14.8 Å². The van der Waals surface area contributed by atoms with Crippen molar-refractivity contribution in [1.29, 1.82) is 5.26 Å². The lowest BCUT2D eigenvalue weighted by atomic mass is 9.93. The first-order valence-electron chi connectivity index (χ1n) is 10.1. The lowest BCUT2D eigenvalue weighted by Gasteiger charge is -2.36. The largest absolute Gasteiger partial charge is 0.489 e. The molecule has 2 aliphatic heterocycles. The number of carbonyl (C=O) groups excluding carboxylic acids is 1. The highest BCUT2D eigenvalue weighted by Crippen LogP contribution is 2.35. The van der Waals surface area contributed by atoms with Gasteiger partial charge < -0.3 is 29.5 Å². The van der Waals surface area contributed by atoms with Gasteiger partial charge >= 0.3 is 0 Å². The van der Waals surface area contributed by atoms with Crippen LogP contribution in [0.15, 0.2) is 12.1 Å². The summed E-state index contributed by atoms with van der Waals surface area (Å²) in [6.45, 7) is 4.41. The van der Waals surface area contributed by atoms with Crippen LogP contribution in [0.2, 0.25) is 0 Å². The van der Waals surface area contributed by atoms with Crippen molar-refractivity contribution in [2.45, 2.75) is 25.4 Å². The van der Waals surface area contributed by atoms with Crippen molar-refractivity contribution in [2.75, 3.05) is 53.1 Å². The van der Waals surface area contributed by atoms with Crippen molar-refractivity contribution < 1.29 is 24.1 Å². The Morgan fingerprint density at radius 1 is 1.41 bits per heavy atom. The number of methoxy groups -OCH3 is 1. The fraction of sp³-hybridized carbons (Fsp3) is 0.619. The Morgan fingerprint density at radius 2 is 2.24 bits per heavy atom. The summed E-state index contributed by atoms with van der Waals surface area (Å²) in [5.74, 6) is 0.481. The van der Waals surface area contributed by atoms with E-state index in [9.17, 15) is 15.2 Å². The second-order valence-electron chi connectivity index (χ2n) is 7.49. The number of benzene rings is 1. The van der Waals surface area contributed by atoms with Gasteiger partial charge in [0.25, 0.3) is 5.91 Å². The zero-order valence-electron chi connectivity index (χ0n) is 16.9. The number of hydrogen-bond acceptors (Lipinski definition) is 7. The van der Waals surface area contributed by atoms with E-state index < -0.39 is 6.10 Å². The van der Waals surface area contributed by atoms with Gasteiger partial charge in [0.2, 0.25) is 0 Å². The van der Waals surface area contributed by atoms with Crippen molar-refractivity contribution in [1.82, 2.24) is 10.2 Å². The zero-order chi connectivity index (χ0) is 20.6. The quantitative estimate of drug-likeness (QED) is 0.659. The van der Waals surface area contributed by atoms with Crippen molar-refractivity contribution in [2.24, 2.45) is 5.92 Å². The van der Waals surface area contributed by atoms with Gasteiger partial charge in [-0.2, -0.15) is 5.26 Å². The minimum Gasteiger partial charge on any atom is -0.489 e. The molecule has 0 aromatic heterocycles. The van der Waals surface area contributed by atoms with Crippen LogP contribution in [-0.2, 0) is 4.74 Å². The number of nitriles is 1. The number of amides is 1. The number of likely N-dealkylation sites (tertiary alicyclic amines) is 1. The third kappa shape index (κ3) is 5.60. The fourth-order valence-electron chi connectivity index (χ4n) is 3.75. The molecule has 0 bridgehead atoms. The molecule has 1 aromatic carbocycles. The van der Waals surface area contributed by atoms with Gasteiger partial charge in [0.1, 0.15) is 0 Å². The summed E-state index contributed by atoms with van der Waals surface area (Å²) in [5.41, 5.74) is 0.649. The number of nitrogens with zero attached hydrogens (tertiary/aromatic N) is 2. The van der Waals surface area contributed by atoms with Gasteiger partial charge in [-0.15, -0.1) is 0 Å². The molecule has 1 fully saturated rings. The Labute approximate surface area is 171 Å². The molecule has 2 N–H and O–H groups in total. The highest BCUT2D eigenvalue weighted by molar-refractivity contribution is 5.98. The summed E-state index contributed by atoms with van der Waals surface area (Å²) in [7, 11) is 1.69. The van der Waals surface area contributed by atoms with Crippen LogP contribution in [0.25, 0.3) is 0 Å². The van der Waals surface area contributed by atoms with Crippen LogP contribution in [0.4, 0.5) is 0 Å². The molecule has 0 unspecified atom stereocenters. The third-order valence-corrected chi connectivity index (χ3v) is 5.37. The fourth-order valence-corrected chi connectivity index (χ4v) is 3.75. The van der Waals surface area contributed by atoms with Crippen LogP contribution in [0.5, 0.6) is 11.5 Å². The first kappa shape index (κ1) is 21.4. The van der Waals surface area contributed by atoms with E-state index in [4.69, 9.17) is 14.2 Å². The van der Waals surface area contributed by atoms with Gasteiger partial charge in [0, 0.05) is 51.8 Å². The lowest BCUT2D eigenvalue weighted by Crippen LogP contribution is -2.48. The van der Waals surface area contributed by atoms with E-state index in [1.807, 2.05) is 0 Å². The maximum Gasteiger partial charge on any atom is 0.255 e. The number of piperidine rings is 1. The molecule has 158 valence electrons. The summed E-state index contributed by atoms with van der Waals surface area (Å²) in [5, 5.41) is 22.6. The second-order valence-corrected chi connectivity index (χ2v) is 7.49. The van der Waals surface area contributed by atoms with E-state index in [1.54, 1.807) is 13.2 Å². The zero-order valence-corrected chi connectivity index (χ0v) is 16.9. The standard InChI is InChI=1S/C21H29N3O5/c1-27-7-2-5-24-6-4-16(18(25)14-24)13-23-21(26)17-10-15(12-22)11-19-20(17)29-9-3-8-28-19/h10-11,16,18,25H,2-9,13-14H2,1H3,(H,23,26)/t16-,18+/m0/s1. The highest BCUT2D eigenvalue weighted by atomic mass is 16.5. The van der Waals surface area contributed by atoms with E-state index in [2.05, 4.69) is 16.3 Å². The van der Waals surface area contributed by atoms with Gasteiger partial charge in [-0.25, -0.2) is 0 Å². The molecule has 8 heteroatoms. The molecule has 0 spiro atoms. The molecule has 0 aliphatic carbocycles. The Bertz CT molecular complexity index is 749. The van der Waals surface area contributed by atoms with Gasteiger partial charge in [-0.05, 0) is 25.5 Å². The molecule has 2 atom stereocenters. The number of aliphatic hydroxyl groups excluding tert-OH is 1. The van der Waals surface area contributed by atoms with E-state index in [0.29, 0.717) is 62.0 Å². The summed E-state index contributed by atoms with van der Waals surface area (Å²) < 4.78 is 16.4. The molecule has 29 heavy (non-hydrogen) atoms. The molecule has 1 aromatic rings. The van der Waals surface area contributed by atoms with E-state index in [-0.39, 0.29) is 11.8 Å². The van der Waals surface area contributed by atoms with Crippen molar-refractivity contribution in [3.05, 3.63) is 23.3 Å². The smallest absolute Gasteiger partial charge is 0.255 e. The topological polar surface area (TPSA) is 104 Å². The summed E-state index contributed by atoms with van der Waals surface area (Å²) in [4.78, 5) is 15.0. The summed E-state index contributed by atoms with van der Waals surface area (Å²) in [6.07, 6.45) is 1.97. The molecule has 3 rings (SSSR count). The average Bonchev–Trinajstić information content (AvgIpc) is 2.97. The third-order valence-electron chi connectivity index (χ3n) is 5.37. The molecule has 1 amide bonds. The second kappa shape index (κ2) is 10.4. The number of hydrogen-bond donors (Lipinski definition) is 2. The molecule has 0 radical (unpaired) electrons. The first-order valence-corrected chi connectivity index (χ1v) is 10.1. The van der Waals surface area contributed by atoms with Crippen LogP contribution >= 0.6 is 0 Å². The SMILES string of the molecule is COCCCN1CC[C@@H](CNC(=O)c2cc(C#N)cc3c2OCCCO3)[C@H](O)C1.